The zero-order chi connectivity index (χ0) is 26.0. The number of amides is 3. The van der Waals surface area contributed by atoms with Crippen LogP contribution in [0.4, 0.5) is 5.88 Å². The highest BCUT2D eigenvalue weighted by molar-refractivity contribution is 6.22. The van der Waals surface area contributed by atoms with E-state index in [0.29, 0.717) is 6.42 Å². The van der Waals surface area contributed by atoms with Crippen LogP contribution in [0.2, 0.25) is 0 Å². The lowest BCUT2D eigenvalue weighted by atomic mass is 10.0. The Bertz CT molecular complexity index is 1390. The van der Waals surface area contributed by atoms with Crippen molar-refractivity contribution >= 4 is 35.4 Å². The number of carbonyl (C=O) groups is 5. The number of rotatable bonds is 8. The predicted octanol–water partition coefficient (Wildman–Crippen LogP) is 4.06. The zero-order valence-corrected chi connectivity index (χ0v) is 20.0. The van der Waals surface area contributed by atoms with E-state index >= 15 is 0 Å². The minimum atomic E-state index is -0.807. The Morgan fingerprint density at radius 2 is 1.67 bits per heavy atom. The third kappa shape index (κ3) is 4.55. The van der Waals surface area contributed by atoms with Gasteiger partial charge in [0.25, 0.3) is 17.7 Å². The Labute approximate surface area is 207 Å². The van der Waals surface area contributed by atoms with Crippen LogP contribution in [0.5, 0.6) is 0 Å². The molecule has 184 valence electrons. The fourth-order valence-corrected chi connectivity index (χ4v) is 4.15. The number of esters is 1. The summed E-state index contributed by atoms with van der Waals surface area (Å²) in [5, 5.41) is 2.49. The molecule has 1 aliphatic rings. The van der Waals surface area contributed by atoms with Gasteiger partial charge in [0.05, 0.1) is 23.3 Å². The molecule has 1 aromatic heterocycles. The maximum absolute atomic E-state index is 13.0. The van der Waals surface area contributed by atoms with E-state index in [0.717, 1.165) is 10.5 Å². The van der Waals surface area contributed by atoms with E-state index in [4.69, 9.17) is 9.15 Å². The third-order valence-corrected chi connectivity index (χ3v) is 5.84. The van der Waals surface area contributed by atoms with Gasteiger partial charge < -0.3 is 9.15 Å². The summed E-state index contributed by atoms with van der Waals surface area (Å²) in [5.41, 5.74) is 1.25. The molecule has 1 N–H and O–H groups in total. The molecule has 0 aliphatic carbocycles. The van der Waals surface area contributed by atoms with E-state index in [1.54, 1.807) is 6.92 Å². The molecule has 0 unspecified atom stereocenters. The number of carbonyl (C=O) groups excluding carboxylic acids is 5. The van der Waals surface area contributed by atoms with Crippen molar-refractivity contribution in [1.29, 1.82) is 0 Å². The highest BCUT2D eigenvalue weighted by atomic mass is 16.5. The van der Waals surface area contributed by atoms with Crippen LogP contribution in [0.1, 0.15) is 77.0 Å². The van der Waals surface area contributed by atoms with E-state index in [1.165, 1.54) is 32.0 Å². The van der Waals surface area contributed by atoms with Gasteiger partial charge in [-0.25, -0.2) is 4.79 Å². The molecule has 2 heterocycles. The highest BCUT2D eigenvalue weighted by Crippen LogP contribution is 2.30. The third-order valence-electron chi connectivity index (χ3n) is 5.84. The fourth-order valence-electron chi connectivity index (χ4n) is 4.15. The summed E-state index contributed by atoms with van der Waals surface area (Å²) in [6.45, 7) is 4.66. The van der Waals surface area contributed by atoms with Crippen LogP contribution in [0.3, 0.4) is 0 Å². The first-order valence-corrected chi connectivity index (χ1v) is 11.4. The molecule has 2 aromatic carbocycles. The molecule has 3 amide bonds. The SMILES string of the molecule is CCOC(=O)c1c(NC(=O)c2ccc3c(c2)C(=O)N(CCc2ccccc2)C3=O)oc(C)c1C(C)=O. The molecule has 0 saturated heterocycles. The zero-order valence-electron chi connectivity index (χ0n) is 20.0. The first kappa shape index (κ1) is 24.6. The second-order valence-electron chi connectivity index (χ2n) is 8.23. The number of hydrogen-bond donors (Lipinski definition) is 1. The molecule has 0 saturated carbocycles. The molecule has 1 aliphatic heterocycles. The molecular weight excluding hydrogens is 464 g/mol. The number of nitrogens with one attached hydrogen (secondary N) is 1. The monoisotopic (exact) mass is 488 g/mol. The summed E-state index contributed by atoms with van der Waals surface area (Å²) in [4.78, 5) is 64.5. The Hall–Kier alpha value is -4.53. The van der Waals surface area contributed by atoms with Crippen molar-refractivity contribution < 1.29 is 33.1 Å². The maximum Gasteiger partial charge on any atom is 0.344 e. The Morgan fingerprint density at radius 3 is 2.33 bits per heavy atom. The number of furan rings is 1. The smallest absolute Gasteiger partial charge is 0.344 e. The molecule has 9 heteroatoms. The van der Waals surface area contributed by atoms with Crippen molar-refractivity contribution in [2.24, 2.45) is 0 Å². The van der Waals surface area contributed by atoms with Gasteiger partial charge in [-0.2, -0.15) is 0 Å². The predicted molar refractivity (Wildman–Crippen MR) is 129 cm³/mol. The van der Waals surface area contributed by atoms with Crippen molar-refractivity contribution in [3.05, 3.63) is 87.7 Å². The molecule has 0 fully saturated rings. The van der Waals surface area contributed by atoms with Crippen LogP contribution in [0.15, 0.2) is 52.9 Å². The molecule has 4 rings (SSSR count). The topological polar surface area (TPSA) is 123 Å². The van der Waals surface area contributed by atoms with Gasteiger partial charge in [0, 0.05) is 12.1 Å². The molecule has 3 aromatic rings. The second kappa shape index (κ2) is 9.99. The van der Waals surface area contributed by atoms with Crippen LogP contribution in [-0.2, 0) is 11.2 Å². The van der Waals surface area contributed by atoms with Gasteiger partial charge in [-0.15, -0.1) is 0 Å². The van der Waals surface area contributed by atoms with E-state index in [-0.39, 0.29) is 52.6 Å². The fraction of sp³-hybridized carbons (Fsp3) is 0.222. The van der Waals surface area contributed by atoms with Gasteiger partial charge >= 0.3 is 5.97 Å². The molecule has 0 spiro atoms. The maximum atomic E-state index is 13.0. The number of aryl methyl sites for hydroxylation is 1. The largest absolute Gasteiger partial charge is 0.462 e. The summed E-state index contributed by atoms with van der Waals surface area (Å²) < 4.78 is 10.5. The van der Waals surface area contributed by atoms with Gasteiger partial charge in [0.2, 0.25) is 5.88 Å². The molecule has 0 atom stereocenters. The van der Waals surface area contributed by atoms with Gasteiger partial charge in [0.15, 0.2) is 5.78 Å². The van der Waals surface area contributed by atoms with Gasteiger partial charge in [-0.05, 0) is 51.0 Å². The Kier molecular flexibility index (Phi) is 6.82. The van der Waals surface area contributed by atoms with E-state index in [9.17, 15) is 24.0 Å². The van der Waals surface area contributed by atoms with Gasteiger partial charge in [-0.3, -0.25) is 29.4 Å². The molecule has 0 radical (unpaired) electrons. The quantitative estimate of drug-likeness (QED) is 0.288. The van der Waals surface area contributed by atoms with Crippen LogP contribution < -0.4 is 5.32 Å². The number of fused-ring (bicyclic) bond motifs is 1. The number of imide groups is 1. The van der Waals surface area contributed by atoms with Crippen LogP contribution >= 0.6 is 0 Å². The number of benzene rings is 2. The van der Waals surface area contributed by atoms with Crippen molar-refractivity contribution in [3.63, 3.8) is 0 Å². The standard InChI is InChI=1S/C27H24N2O7/c1-4-35-27(34)22-21(15(2)30)16(3)36-24(22)28-23(31)18-10-11-19-20(14-18)26(33)29(25(19)32)13-12-17-8-6-5-7-9-17/h5-11,14H,4,12-13H2,1-3H3,(H,28,31). The summed E-state index contributed by atoms with van der Waals surface area (Å²) in [5.74, 6) is -2.89. The summed E-state index contributed by atoms with van der Waals surface area (Å²) in [7, 11) is 0. The lowest BCUT2D eigenvalue weighted by molar-refractivity contribution is 0.0523. The number of nitrogens with zero attached hydrogens (tertiary/aromatic N) is 1. The van der Waals surface area contributed by atoms with E-state index in [2.05, 4.69) is 5.32 Å². The van der Waals surface area contributed by atoms with E-state index in [1.807, 2.05) is 30.3 Å². The number of Topliss-reactive ketones (excluding diaryl/α,β-unsaturated/α-hetero) is 1. The lowest BCUT2D eigenvalue weighted by Gasteiger charge is -2.13. The van der Waals surface area contributed by atoms with Crippen molar-refractivity contribution in [3.8, 4) is 0 Å². The van der Waals surface area contributed by atoms with Crippen LogP contribution in [0.25, 0.3) is 0 Å². The normalized spacial score (nSPS) is 12.5. The Balaban J connectivity index is 1.57. The minimum Gasteiger partial charge on any atom is -0.462 e. The molecular formula is C27H24N2O7. The van der Waals surface area contributed by atoms with Crippen LogP contribution in [-0.4, -0.2) is 47.5 Å². The van der Waals surface area contributed by atoms with Crippen molar-refractivity contribution in [2.45, 2.75) is 27.2 Å². The first-order valence-electron chi connectivity index (χ1n) is 11.4. The number of hydrogen-bond acceptors (Lipinski definition) is 7. The highest BCUT2D eigenvalue weighted by Gasteiger charge is 2.36. The molecule has 0 bridgehead atoms. The van der Waals surface area contributed by atoms with Crippen LogP contribution in [0, 0.1) is 6.92 Å². The summed E-state index contributed by atoms with van der Waals surface area (Å²) >= 11 is 0. The number of anilines is 1. The number of ketones is 1. The van der Waals surface area contributed by atoms with E-state index < -0.39 is 29.5 Å². The number of ether oxygens (including phenoxy) is 1. The second-order valence-corrected chi connectivity index (χ2v) is 8.23. The van der Waals surface area contributed by atoms with Gasteiger partial charge in [-0.1, -0.05) is 30.3 Å². The minimum absolute atomic E-state index is 0.0209. The summed E-state index contributed by atoms with van der Waals surface area (Å²) in [6.07, 6.45) is 0.507. The average Bonchev–Trinajstić information content (AvgIpc) is 3.31. The average molecular weight is 488 g/mol. The van der Waals surface area contributed by atoms with Gasteiger partial charge in [0.1, 0.15) is 11.3 Å². The van der Waals surface area contributed by atoms with Crippen molar-refractivity contribution in [1.82, 2.24) is 4.90 Å². The van der Waals surface area contributed by atoms with Crippen molar-refractivity contribution in [2.75, 3.05) is 18.5 Å². The summed E-state index contributed by atoms with van der Waals surface area (Å²) in [6, 6.07) is 13.7. The lowest BCUT2D eigenvalue weighted by Crippen LogP contribution is -2.31. The molecule has 9 nitrogen and oxygen atoms in total. The first-order chi connectivity index (χ1) is 17.2. The molecule has 36 heavy (non-hydrogen) atoms. The Morgan fingerprint density at radius 1 is 0.972 bits per heavy atom.